The zero-order valence-corrected chi connectivity index (χ0v) is 18.1. The molecule has 150 valence electrons. The van der Waals surface area contributed by atoms with E-state index in [1.807, 2.05) is 12.2 Å². The minimum absolute atomic E-state index is 0.169. The third kappa shape index (κ3) is 7.53. The van der Waals surface area contributed by atoms with Crippen LogP contribution in [0.15, 0.2) is 34.8 Å². The number of aryl methyl sites for hydroxylation is 1. The fraction of sp³-hybridized carbons (Fsp3) is 0.571. The number of aliphatic carboxylic acids is 1. The van der Waals surface area contributed by atoms with E-state index in [2.05, 4.69) is 41.1 Å². The van der Waals surface area contributed by atoms with Crippen LogP contribution in [0.25, 0.3) is 0 Å². The van der Waals surface area contributed by atoms with Crippen LogP contribution in [0.2, 0.25) is 0 Å². The molecule has 1 aliphatic rings. The van der Waals surface area contributed by atoms with E-state index < -0.39 is 12.1 Å². The zero-order chi connectivity index (χ0) is 19.8. The largest absolute Gasteiger partial charge is 0.481 e. The van der Waals surface area contributed by atoms with Gasteiger partial charge in [0.2, 0.25) is 0 Å². The molecule has 0 aromatic carbocycles. The fourth-order valence-corrected chi connectivity index (χ4v) is 5.20. The van der Waals surface area contributed by atoms with Gasteiger partial charge in [-0.05, 0) is 72.9 Å². The first-order valence-electron chi connectivity index (χ1n) is 9.53. The van der Waals surface area contributed by atoms with Crippen LogP contribution in [0.4, 0.5) is 0 Å². The topological polar surface area (TPSA) is 77.8 Å². The molecular weight excluding hydrogens is 428 g/mol. The average Bonchev–Trinajstić information content (AvgIpc) is 3.10. The van der Waals surface area contributed by atoms with Gasteiger partial charge in [-0.25, -0.2) is 0 Å². The molecule has 1 unspecified atom stereocenters. The van der Waals surface area contributed by atoms with Crippen molar-refractivity contribution in [2.75, 3.05) is 0 Å². The Bertz CT molecular complexity index is 648. The average molecular weight is 457 g/mol. The second-order valence-corrected chi connectivity index (χ2v) is 9.43. The Morgan fingerprint density at radius 1 is 1.41 bits per heavy atom. The van der Waals surface area contributed by atoms with Gasteiger partial charge < -0.3 is 15.3 Å². The lowest BCUT2D eigenvalue weighted by Crippen LogP contribution is -2.18. The molecule has 0 saturated heterocycles. The molecular formula is C21H29BrO4S. The van der Waals surface area contributed by atoms with E-state index >= 15 is 0 Å². The van der Waals surface area contributed by atoms with Crippen LogP contribution in [0, 0.1) is 18.8 Å². The van der Waals surface area contributed by atoms with E-state index in [9.17, 15) is 15.0 Å². The Morgan fingerprint density at radius 3 is 2.85 bits per heavy atom. The summed E-state index contributed by atoms with van der Waals surface area (Å²) in [5.41, 5.74) is 0. The first-order valence-corrected chi connectivity index (χ1v) is 11.1. The molecule has 1 saturated carbocycles. The number of allylic oxidation sites excluding steroid dienone is 3. The van der Waals surface area contributed by atoms with Crippen molar-refractivity contribution >= 4 is 33.2 Å². The highest BCUT2D eigenvalue weighted by molar-refractivity contribution is 9.10. The summed E-state index contributed by atoms with van der Waals surface area (Å²) in [6.45, 7) is 2.06. The fourth-order valence-electron chi connectivity index (χ4n) is 3.55. The van der Waals surface area contributed by atoms with Crippen LogP contribution in [-0.4, -0.2) is 33.5 Å². The maximum atomic E-state index is 10.5. The normalized spacial score (nSPS) is 24.2. The van der Waals surface area contributed by atoms with Crippen LogP contribution < -0.4 is 0 Å². The van der Waals surface area contributed by atoms with Crippen molar-refractivity contribution in [2.45, 2.75) is 64.1 Å². The van der Waals surface area contributed by atoms with E-state index in [1.54, 1.807) is 11.3 Å². The summed E-state index contributed by atoms with van der Waals surface area (Å²) in [4.78, 5) is 12.9. The molecule has 0 amide bonds. The molecule has 27 heavy (non-hydrogen) atoms. The molecule has 1 aromatic heterocycles. The molecule has 0 bridgehead atoms. The Hall–Kier alpha value is -0.950. The van der Waals surface area contributed by atoms with Crippen molar-refractivity contribution in [3.05, 3.63) is 44.6 Å². The summed E-state index contributed by atoms with van der Waals surface area (Å²) >= 11 is 5.20. The van der Waals surface area contributed by atoms with Crippen molar-refractivity contribution in [3.8, 4) is 0 Å². The van der Waals surface area contributed by atoms with Crippen molar-refractivity contribution in [1.29, 1.82) is 0 Å². The van der Waals surface area contributed by atoms with E-state index in [0.29, 0.717) is 12.8 Å². The number of aliphatic hydroxyl groups is 2. The molecule has 0 aliphatic heterocycles. The van der Waals surface area contributed by atoms with Crippen LogP contribution >= 0.6 is 27.3 Å². The minimum atomic E-state index is -0.761. The van der Waals surface area contributed by atoms with E-state index in [0.717, 1.165) is 35.0 Å². The SMILES string of the molecule is Cc1sc(C[C@H](O)C=C[C@H]2CCC(O)[C@@H]2CC=CCCCC(=O)O)cc1Br. The van der Waals surface area contributed by atoms with Gasteiger partial charge in [-0.1, -0.05) is 24.3 Å². The summed E-state index contributed by atoms with van der Waals surface area (Å²) in [6.07, 6.45) is 11.9. The monoisotopic (exact) mass is 456 g/mol. The lowest BCUT2D eigenvalue weighted by molar-refractivity contribution is -0.137. The van der Waals surface area contributed by atoms with Crippen LogP contribution in [-0.2, 0) is 11.2 Å². The molecule has 0 spiro atoms. The number of halogens is 1. The quantitative estimate of drug-likeness (QED) is 0.346. The summed E-state index contributed by atoms with van der Waals surface area (Å²) in [5, 5.41) is 29.2. The van der Waals surface area contributed by atoms with E-state index in [-0.39, 0.29) is 24.4 Å². The second-order valence-electron chi connectivity index (χ2n) is 7.24. The Kier molecular flexibility index (Phi) is 9.22. The van der Waals surface area contributed by atoms with Crippen molar-refractivity contribution in [2.24, 2.45) is 11.8 Å². The molecule has 3 N–H and O–H groups in total. The Morgan fingerprint density at radius 2 is 2.19 bits per heavy atom. The van der Waals surface area contributed by atoms with Crippen LogP contribution in [0.1, 0.15) is 48.3 Å². The summed E-state index contributed by atoms with van der Waals surface area (Å²) in [5.74, 6) is -0.319. The third-order valence-corrected chi connectivity index (χ3v) is 7.23. The molecule has 2 rings (SSSR count). The zero-order valence-electron chi connectivity index (χ0n) is 15.7. The first-order chi connectivity index (χ1) is 12.9. The molecule has 1 aliphatic carbocycles. The van der Waals surface area contributed by atoms with Gasteiger partial charge in [0.05, 0.1) is 12.2 Å². The molecule has 4 atom stereocenters. The number of carboxylic acid groups (broad SMARTS) is 1. The molecule has 1 heterocycles. The van der Waals surface area contributed by atoms with Gasteiger partial charge in [-0.15, -0.1) is 11.3 Å². The highest BCUT2D eigenvalue weighted by Gasteiger charge is 2.32. The first kappa shape index (κ1) is 22.3. The maximum Gasteiger partial charge on any atom is 0.303 e. The summed E-state index contributed by atoms with van der Waals surface area (Å²) in [7, 11) is 0. The van der Waals surface area contributed by atoms with Gasteiger partial charge in [0.25, 0.3) is 0 Å². The molecule has 1 fully saturated rings. The van der Waals surface area contributed by atoms with Gasteiger partial charge in [0, 0.05) is 27.1 Å². The third-order valence-electron chi connectivity index (χ3n) is 5.08. The van der Waals surface area contributed by atoms with Gasteiger partial charge in [-0.3, -0.25) is 4.79 Å². The Labute approximate surface area is 173 Å². The highest BCUT2D eigenvalue weighted by atomic mass is 79.9. The van der Waals surface area contributed by atoms with Crippen LogP contribution in [0.3, 0.4) is 0 Å². The van der Waals surface area contributed by atoms with Crippen molar-refractivity contribution in [1.82, 2.24) is 0 Å². The number of aliphatic hydroxyl groups excluding tert-OH is 2. The summed E-state index contributed by atoms with van der Waals surface area (Å²) < 4.78 is 1.09. The lowest BCUT2D eigenvalue weighted by Gasteiger charge is -2.18. The number of carbonyl (C=O) groups is 1. The second kappa shape index (κ2) is 11.1. The summed E-state index contributed by atoms with van der Waals surface area (Å²) in [6, 6.07) is 2.06. The minimum Gasteiger partial charge on any atom is -0.481 e. The van der Waals surface area contributed by atoms with Gasteiger partial charge >= 0.3 is 5.97 Å². The predicted molar refractivity (Wildman–Crippen MR) is 113 cm³/mol. The van der Waals surface area contributed by atoms with Gasteiger partial charge in [0.15, 0.2) is 0 Å². The van der Waals surface area contributed by atoms with Gasteiger partial charge in [-0.2, -0.15) is 0 Å². The standard InChI is InChI=1S/C21H29BrO4S/c1-14-19(22)13-17(27-14)12-16(23)10-8-15-9-11-20(24)18(15)6-4-2-3-5-7-21(25)26/h2,4,8,10,13,15-16,18,20,23-24H,3,5-7,9,11-12H2,1H3,(H,25,26)/t15-,16+,18+,20?/m0/s1. The molecule has 1 aromatic rings. The number of hydrogen-bond donors (Lipinski definition) is 3. The smallest absolute Gasteiger partial charge is 0.303 e. The number of rotatable bonds is 10. The Balaban J connectivity index is 1.81. The van der Waals surface area contributed by atoms with E-state index in [4.69, 9.17) is 5.11 Å². The van der Waals surface area contributed by atoms with Crippen molar-refractivity contribution < 1.29 is 20.1 Å². The number of carboxylic acids is 1. The maximum absolute atomic E-state index is 10.5. The van der Waals surface area contributed by atoms with Crippen LogP contribution in [0.5, 0.6) is 0 Å². The highest BCUT2D eigenvalue weighted by Crippen LogP contribution is 2.36. The molecule has 4 nitrogen and oxygen atoms in total. The number of thiophene rings is 1. The molecule has 6 heteroatoms. The number of hydrogen-bond acceptors (Lipinski definition) is 4. The number of unbranched alkanes of at least 4 members (excludes halogenated alkanes) is 1. The van der Waals surface area contributed by atoms with Crippen molar-refractivity contribution in [3.63, 3.8) is 0 Å². The lowest BCUT2D eigenvalue weighted by atomic mass is 9.90. The van der Waals surface area contributed by atoms with E-state index in [1.165, 1.54) is 4.88 Å². The predicted octanol–water partition coefficient (Wildman–Crippen LogP) is 4.87. The molecule has 0 radical (unpaired) electrons. The van der Waals surface area contributed by atoms with Gasteiger partial charge in [0.1, 0.15) is 0 Å².